The Hall–Kier alpha value is -2.43. The first-order valence-corrected chi connectivity index (χ1v) is 11.5. The molecule has 0 spiro atoms. The van der Waals surface area contributed by atoms with Crippen LogP contribution in [0.5, 0.6) is 0 Å². The minimum Gasteiger partial charge on any atom is -0.469 e. The molecule has 168 valence electrons. The summed E-state index contributed by atoms with van der Waals surface area (Å²) in [5.41, 5.74) is 0.309. The number of halogens is 1. The number of benzene rings is 1. The van der Waals surface area contributed by atoms with E-state index in [1.165, 1.54) is 7.11 Å². The number of carbonyl (C=O) groups is 1. The van der Waals surface area contributed by atoms with Crippen molar-refractivity contribution in [2.75, 3.05) is 7.11 Å². The Balaban J connectivity index is 1.88. The lowest BCUT2D eigenvalue weighted by Crippen LogP contribution is -2.43. The van der Waals surface area contributed by atoms with E-state index in [2.05, 4.69) is 14.7 Å². The van der Waals surface area contributed by atoms with Crippen molar-refractivity contribution in [2.24, 2.45) is 5.41 Å². The third-order valence-electron chi connectivity index (χ3n) is 5.58. The highest BCUT2D eigenvalue weighted by atomic mass is 32.2. The van der Waals surface area contributed by atoms with Gasteiger partial charge in [0, 0.05) is 11.6 Å². The number of hydrogen-bond donors (Lipinski definition) is 2. The van der Waals surface area contributed by atoms with Crippen LogP contribution in [-0.4, -0.2) is 54.0 Å². The van der Waals surface area contributed by atoms with Gasteiger partial charge in [0.1, 0.15) is 0 Å². The molecule has 2 aromatic rings. The molecule has 1 heterocycles. The molecular formula is C21H26FN3O5S. The maximum absolute atomic E-state index is 13.1. The fourth-order valence-corrected chi connectivity index (χ4v) is 4.86. The fraction of sp³-hybridized carbons (Fsp3) is 0.476. The molecule has 2 N–H and O–H groups in total. The average molecular weight is 452 g/mol. The maximum atomic E-state index is 13.1. The Bertz CT molecular complexity index is 1050. The summed E-state index contributed by atoms with van der Waals surface area (Å²) in [5.74, 6) is -0.718. The zero-order valence-electron chi connectivity index (χ0n) is 17.6. The molecule has 1 saturated carbocycles. The van der Waals surface area contributed by atoms with E-state index in [0.717, 1.165) is 18.0 Å². The van der Waals surface area contributed by atoms with Crippen molar-refractivity contribution in [1.82, 2.24) is 14.7 Å². The Morgan fingerprint density at radius 3 is 2.61 bits per heavy atom. The van der Waals surface area contributed by atoms with Gasteiger partial charge in [-0.3, -0.25) is 4.79 Å². The van der Waals surface area contributed by atoms with E-state index < -0.39 is 44.6 Å². The highest BCUT2D eigenvalue weighted by molar-refractivity contribution is 7.90. The topological polar surface area (TPSA) is 118 Å². The van der Waals surface area contributed by atoms with Gasteiger partial charge in [-0.15, -0.1) is 0 Å². The van der Waals surface area contributed by atoms with Crippen LogP contribution in [0.3, 0.4) is 0 Å². The van der Waals surface area contributed by atoms with Gasteiger partial charge < -0.3 is 9.84 Å². The van der Waals surface area contributed by atoms with Gasteiger partial charge in [0.2, 0.25) is 10.0 Å². The first-order chi connectivity index (χ1) is 14.6. The molecule has 1 fully saturated rings. The van der Waals surface area contributed by atoms with Crippen LogP contribution in [0.1, 0.15) is 32.3 Å². The van der Waals surface area contributed by atoms with E-state index >= 15 is 0 Å². The molecule has 1 aromatic carbocycles. The van der Waals surface area contributed by atoms with Crippen molar-refractivity contribution in [2.45, 2.75) is 50.5 Å². The van der Waals surface area contributed by atoms with E-state index in [9.17, 15) is 22.7 Å². The summed E-state index contributed by atoms with van der Waals surface area (Å²) in [7, 11) is -2.36. The van der Waals surface area contributed by atoms with Crippen LogP contribution in [0.15, 0.2) is 36.7 Å². The standard InChI is InChI=1S/C21H26FN3O5S/c1-13(2)31(28,29)25-17-9-21(10-18(17)26,20(27)30-3)8-14-5-4-6-15(7-14)19-23-11-16(22)12-24-19/h4-7,11-13,17-18,25-26H,8-10H2,1-3H3/t17-,18-,21-/m1/s1. The smallest absolute Gasteiger partial charge is 0.312 e. The molecule has 3 rings (SSSR count). The van der Waals surface area contributed by atoms with Crippen LogP contribution < -0.4 is 4.72 Å². The fourth-order valence-electron chi connectivity index (χ4n) is 3.92. The second kappa shape index (κ2) is 8.97. The van der Waals surface area contributed by atoms with E-state index in [1.54, 1.807) is 32.0 Å². The predicted molar refractivity (Wildman–Crippen MR) is 112 cm³/mol. The lowest BCUT2D eigenvalue weighted by atomic mass is 9.79. The van der Waals surface area contributed by atoms with Gasteiger partial charge in [-0.05, 0) is 44.7 Å². The predicted octanol–water partition coefficient (Wildman–Crippen LogP) is 1.84. The molecule has 0 radical (unpaired) electrons. The minimum absolute atomic E-state index is 0.0578. The minimum atomic E-state index is -3.63. The first-order valence-electron chi connectivity index (χ1n) is 9.91. The van der Waals surface area contributed by atoms with E-state index in [1.807, 2.05) is 6.07 Å². The largest absolute Gasteiger partial charge is 0.469 e. The van der Waals surface area contributed by atoms with Gasteiger partial charge in [-0.25, -0.2) is 27.5 Å². The van der Waals surface area contributed by atoms with Crippen LogP contribution >= 0.6 is 0 Å². The van der Waals surface area contributed by atoms with Crippen molar-refractivity contribution in [3.8, 4) is 11.4 Å². The third kappa shape index (κ3) is 5.08. The Morgan fingerprint density at radius 2 is 2.00 bits per heavy atom. The average Bonchev–Trinajstić information content (AvgIpc) is 3.03. The van der Waals surface area contributed by atoms with Gasteiger partial charge in [0.05, 0.1) is 36.3 Å². The number of nitrogens with zero attached hydrogens (tertiary/aromatic N) is 2. The molecule has 8 nitrogen and oxygen atoms in total. The Labute approximate surface area is 180 Å². The molecule has 1 aliphatic carbocycles. The summed E-state index contributed by atoms with van der Waals surface area (Å²) in [6.45, 7) is 3.08. The summed E-state index contributed by atoms with van der Waals surface area (Å²) >= 11 is 0. The molecule has 0 unspecified atom stereocenters. The van der Waals surface area contributed by atoms with Gasteiger partial charge in [-0.2, -0.15) is 0 Å². The number of sulfonamides is 1. The molecule has 10 heteroatoms. The highest BCUT2D eigenvalue weighted by Gasteiger charge is 2.51. The van der Waals surface area contributed by atoms with Crippen LogP contribution in [0.2, 0.25) is 0 Å². The van der Waals surface area contributed by atoms with E-state index in [-0.39, 0.29) is 19.3 Å². The van der Waals surface area contributed by atoms with Crippen molar-refractivity contribution in [3.63, 3.8) is 0 Å². The van der Waals surface area contributed by atoms with Crippen molar-refractivity contribution < 1.29 is 27.4 Å². The van der Waals surface area contributed by atoms with Crippen LogP contribution in [0, 0.1) is 11.2 Å². The molecule has 0 bridgehead atoms. The Morgan fingerprint density at radius 1 is 1.32 bits per heavy atom. The lowest BCUT2D eigenvalue weighted by molar-refractivity contribution is -0.153. The molecule has 0 saturated heterocycles. The zero-order chi connectivity index (χ0) is 22.8. The quantitative estimate of drug-likeness (QED) is 0.617. The summed E-state index contributed by atoms with van der Waals surface area (Å²) < 4.78 is 45.2. The first kappa shape index (κ1) is 23.2. The molecule has 31 heavy (non-hydrogen) atoms. The Kier molecular flexibility index (Phi) is 6.73. The molecule has 1 aromatic heterocycles. The number of rotatable bonds is 7. The highest BCUT2D eigenvalue weighted by Crippen LogP contribution is 2.43. The number of aliphatic hydroxyl groups is 1. The number of nitrogens with one attached hydrogen (secondary N) is 1. The van der Waals surface area contributed by atoms with Gasteiger partial charge in [0.15, 0.2) is 11.6 Å². The molecule has 0 amide bonds. The number of ether oxygens (including phenoxy) is 1. The summed E-state index contributed by atoms with van der Waals surface area (Å²) in [6, 6.07) is 6.35. The van der Waals surface area contributed by atoms with Gasteiger partial charge in [-0.1, -0.05) is 18.2 Å². The number of aliphatic hydroxyl groups excluding tert-OH is 1. The maximum Gasteiger partial charge on any atom is 0.312 e. The summed E-state index contributed by atoms with van der Waals surface area (Å²) in [5, 5.41) is 9.89. The zero-order valence-corrected chi connectivity index (χ0v) is 18.4. The van der Waals surface area contributed by atoms with Crippen molar-refractivity contribution in [3.05, 3.63) is 48.0 Å². The van der Waals surface area contributed by atoms with Gasteiger partial charge in [0.25, 0.3) is 0 Å². The molecule has 0 aliphatic heterocycles. The molecule has 1 aliphatic rings. The van der Waals surface area contributed by atoms with E-state index in [0.29, 0.717) is 11.4 Å². The normalized spacial score (nSPS) is 23.8. The monoisotopic (exact) mass is 451 g/mol. The number of aromatic nitrogens is 2. The number of methoxy groups -OCH3 is 1. The SMILES string of the molecule is COC(=O)[C@@]1(Cc2cccc(-c3ncc(F)cn3)c2)C[C@@H](O)[C@H](NS(=O)(=O)C(C)C)C1. The second-order valence-corrected chi connectivity index (χ2v) is 10.4. The van der Waals surface area contributed by atoms with E-state index in [4.69, 9.17) is 4.74 Å². The van der Waals surface area contributed by atoms with Crippen molar-refractivity contribution >= 4 is 16.0 Å². The number of esters is 1. The van der Waals surface area contributed by atoms with Crippen LogP contribution in [0.4, 0.5) is 4.39 Å². The van der Waals surface area contributed by atoms with Crippen LogP contribution in [0.25, 0.3) is 11.4 Å². The summed E-state index contributed by atoms with van der Waals surface area (Å²) in [4.78, 5) is 20.7. The van der Waals surface area contributed by atoms with Crippen molar-refractivity contribution in [1.29, 1.82) is 0 Å². The lowest BCUT2D eigenvalue weighted by Gasteiger charge is -2.26. The third-order valence-corrected chi connectivity index (χ3v) is 7.45. The number of hydrogen-bond acceptors (Lipinski definition) is 7. The summed E-state index contributed by atoms with van der Waals surface area (Å²) in [6.07, 6.45) is 1.50. The molecular weight excluding hydrogens is 425 g/mol. The molecule has 3 atom stereocenters. The number of carbonyl (C=O) groups excluding carboxylic acids is 1. The second-order valence-electron chi connectivity index (χ2n) is 8.17. The van der Waals surface area contributed by atoms with Gasteiger partial charge >= 0.3 is 5.97 Å². The van der Waals surface area contributed by atoms with Crippen LogP contribution in [-0.2, 0) is 26.0 Å².